The molecule has 0 amide bonds. The standard InChI is InChI=1S/C15H28/c1-8-7-14-11(4)10(3)13(6)15(14)12(5)9(8)2/h8-15H,7H2,1-6H3. The number of hydrogen-bond acceptors (Lipinski definition) is 0. The molecule has 2 saturated carbocycles. The minimum Gasteiger partial charge on any atom is -0.0622 e. The van der Waals surface area contributed by atoms with Gasteiger partial charge in [-0.05, 0) is 53.8 Å². The normalized spacial score (nSPS) is 60.4. The molecule has 0 bridgehead atoms. The third-order valence-corrected chi connectivity index (χ3v) is 6.41. The SMILES string of the molecule is CC1CC2C(C)C(C)C(C)C2C(C)C1C. The third kappa shape index (κ3) is 1.56. The lowest BCUT2D eigenvalue weighted by atomic mass is 9.62. The van der Waals surface area contributed by atoms with Gasteiger partial charge in [0, 0.05) is 0 Å². The van der Waals surface area contributed by atoms with Gasteiger partial charge in [-0.15, -0.1) is 0 Å². The summed E-state index contributed by atoms with van der Waals surface area (Å²) in [4.78, 5) is 0. The second-order valence-electron chi connectivity index (χ2n) is 6.75. The van der Waals surface area contributed by atoms with Gasteiger partial charge in [0.05, 0.1) is 0 Å². The summed E-state index contributed by atoms with van der Waals surface area (Å²) < 4.78 is 0. The van der Waals surface area contributed by atoms with Gasteiger partial charge >= 0.3 is 0 Å². The summed E-state index contributed by atoms with van der Waals surface area (Å²) in [5.74, 6) is 7.73. The van der Waals surface area contributed by atoms with E-state index in [1.165, 1.54) is 6.42 Å². The van der Waals surface area contributed by atoms with Crippen LogP contribution in [-0.2, 0) is 0 Å². The Bertz CT molecular complexity index is 232. The maximum Gasteiger partial charge on any atom is -0.0326 e. The number of fused-ring (bicyclic) bond motifs is 1. The summed E-state index contributed by atoms with van der Waals surface area (Å²) in [5.41, 5.74) is 0. The molecule has 2 aliphatic rings. The van der Waals surface area contributed by atoms with Gasteiger partial charge in [0.2, 0.25) is 0 Å². The van der Waals surface area contributed by atoms with Crippen LogP contribution in [0.3, 0.4) is 0 Å². The van der Waals surface area contributed by atoms with Crippen LogP contribution in [0.25, 0.3) is 0 Å². The Morgan fingerprint density at radius 3 is 1.73 bits per heavy atom. The summed E-state index contributed by atoms with van der Waals surface area (Å²) in [6.45, 7) is 14.9. The summed E-state index contributed by atoms with van der Waals surface area (Å²) >= 11 is 0. The van der Waals surface area contributed by atoms with Gasteiger partial charge in [0.15, 0.2) is 0 Å². The van der Waals surface area contributed by atoms with Gasteiger partial charge in [-0.1, -0.05) is 41.5 Å². The van der Waals surface area contributed by atoms with Crippen molar-refractivity contribution in [1.29, 1.82) is 0 Å². The molecule has 8 unspecified atom stereocenters. The van der Waals surface area contributed by atoms with E-state index in [0.29, 0.717) is 0 Å². The highest BCUT2D eigenvalue weighted by atomic mass is 14.6. The van der Waals surface area contributed by atoms with Gasteiger partial charge in [-0.3, -0.25) is 0 Å². The van der Waals surface area contributed by atoms with Crippen LogP contribution in [0.1, 0.15) is 48.0 Å². The molecule has 2 aliphatic carbocycles. The highest BCUT2D eigenvalue weighted by molar-refractivity contribution is 4.98. The van der Waals surface area contributed by atoms with Crippen molar-refractivity contribution in [3.8, 4) is 0 Å². The minimum atomic E-state index is 0.936. The maximum atomic E-state index is 2.51. The van der Waals surface area contributed by atoms with Crippen LogP contribution < -0.4 is 0 Å². The zero-order valence-corrected chi connectivity index (χ0v) is 11.3. The maximum absolute atomic E-state index is 2.51. The molecule has 15 heavy (non-hydrogen) atoms. The monoisotopic (exact) mass is 208 g/mol. The van der Waals surface area contributed by atoms with Crippen LogP contribution in [0.5, 0.6) is 0 Å². The smallest absolute Gasteiger partial charge is 0.0326 e. The van der Waals surface area contributed by atoms with Crippen molar-refractivity contribution < 1.29 is 0 Å². The van der Waals surface area contributed by atoms with Gasteiger partial charge in [0.25, 0.3) is 0 Å². The molecule has 0 N–H and O–H groups in total. The van der Waals surface area contributed by atoms with Crippen LogP contribution >= 0.6 is 0 Å². The molecule has 88 valence electrons. The first-order valence-electron chi connectivity index (χ1n) is 6.95. The molecule has 2 rings (SSSR count). The summed E-state index contributed by atoms with van der Waals surface area (Å²) in [5, 5.41) is 0. The Kier molecular flexibility index (Phi) is 2.90. The largest absolute Gasteiger partial charge is 0.0622 e. The molecule has 0 aromatic carbocycles. The average Bonchev–Trinajstić information content (AvgIpc) is 2.40. The van der Waals surface area contributed by atoms with Gasteiger partial charge < -0.3 is 0 Å². The van der Waals surface area contributed by atoms with Crippen LogP contribution in [0.15, 0.2) is 0 Å². The molecule has 0 nitrogen and oxygen atoms in total. The molecule has 8 atom stereocenters. The van der Waals surface area contributed by atoms with E-state index in [9.17, 15) is 0 Å². The van der Waals surface area contributed by atoms with Crippen LogP contribution in [0.4, 0.5) is 0 Å². The minimum absolute atomic E-state index is 0.936. The predicted octanol–water partition coefficient (Wildman–Crippen LogP) is 4.45. The van der Waals surface area contributed by atoms with Crippen molar-refractivity contribution in [3.63, 3.8) is 0 Å². The molecule has 0 aliphatic heterocycles. The Morgan fingerprint density at radius 1 is 0.600 bits per heavy atom. The first-order valence-corrected chi connectivity index (χ1v) is 6.95. The van der Waals surface area contributed by atoms with E-state index < -0.39 is 0 Å². The van der Waals surface area contributed by atoms with E-state index >= 15 is 0 Å². The Morgan fingerprint density at radius 2 is 1.13 bits per heavy atom. The lowest BCUT2D eigenvalue weighted by Crippen LogP contribution is -2.37. The van der Waals surface area contributed by atoms with E-state index in [-0.39, 0.29) is 0 Å². The molecule has 0 spiro atoms. The molecule has 0 heteroatoms. The summed E-state index contributed by atoms with van der Waals surface area (Å²) in [6, 6.07) is 0. The Labute approximate surface area is 95.8 Å². The fraction of sp³-hybridized carbons (Fsp3) is 1.00. The van der Waals surface area contributed by atoms with E-state index in [4.69, 9.17) is 0 Å². The first-order chi connectivity index (χ1) is 6.95. The summed E-state index contributed by atoms with van der Waals surface area (Å²) in [7, 11) is 0. The van der Waals surface area contributed by atoms with Crippen molar-refractivity contribution in [2.75, 3.05) is 0 Å². The first kappa shape index (κ1) is 11.5. The van der Waals surface area contributed by atoms with Crippen molar-refractivity contribution in [2.24, 2.45) is 47.3 Å². The molecule has 0 heterocycles. The molecule has 2 fully saturated rings. The Balaban J connectivity index is 2.24. The molecule has 0 saturated heterocycles. The van der Waals surface area contributed by atoms with Gasteiger partial charge in [-0.25, -0.2) is 0 Å². The summed E-state index contributed by atoms with van der Waals surface area (Å²) in [6.07, 6.45) is 1.49. The van der Waals surface area contributed by atoms with Gasteiger partial charge in [0.1, 0.15) is 0 Å². The zero-order valence-electron chi connectivity index (χ0n) is 11.3. The van der Waals surface area contributed by atoms with E-state index in [1.807, 2.05) is 0 Å². The van der Waals surface area contributed by atoms with Crippen molar-refractivity contribution >= 4 is 0 Å². The van der Waals surface area contributed by atoms with Crippen molar-refractivity contribution in [3.05, 3.63) is 0 Å². The molecular weight excluding hydrogens is 180 g/mol. The van der Waals surface area contributed by atoms with Crippen LogP contribution in [0, 0.1) is 47.3 Å². The fourth-order valence-electron chi connectivity index (χ4n) is 4.71. The number of rotatable bonds is 0. The molecule has 0 aromatic rings. The lowest BCUT2D eigenvalue weighted by molar-refractivity contribution is 0.0536. The highest BCUT2D eigenvalue weighted by Gasteiger charge is 2.50. The van der Waals surface area contributed by atoms with Crippen molar-refractivity contribution in [1.82, 2.24) is 0 Å². The average molecular weight is 208 g/mol. The molecule has 0 aromatic heterocycles. The van der Waals surface area contributed by atoms with Crippen molar-refractivity contribution in [2.45, 2.75) is 48.0 Å². The predicted molar refractivity (Wildman–Crippen MR) is 66.6 cm³/mol. The second kappa shape index (κ2) is 3.79. The molecule has 0 radical (unpaired) electrons. The van der Waals surface area contributed by atoms with E-state index in [1.54, 1.807) is 0 Å². The Hall–Kier alpha value is 0. The topological polar surface area (TPSA) is 0 Å². The highest BCUT2D eigenvalue weighted by Crippen LogP contribution is 2.56. The number of hydrogen-bond donors (Lipinski definition) is 0. The lowest BCUT2D eigenvalue weighted by Gasteiger charge is -2.43. The zero-order chi connectivity index (χ0) is 11.3. The van der Waals surface area contributed by atoms with E-state index in [0.717, 1.165) is 47.3 Å². The van der Waals surface area contributed by atoms with E-state index in [2.05, 4.69) is 41.5 Å². The quantitative estimate of drug-likeness (QED) is 0.551. The third-order valence-electron chi connectivity index (χ3n) is 6.41. The van der Waals surface area contributed by atoms with Gasteiger partial charge in [-0.2, -0.15) is 0 Å². The second-order valence-corrected chi connectivity index (χ2v) is 6.75. The van der Waals surface area contributed by atoms with Crippen LogP contribution in [0.2, 0.25) is 0 Å². The van der Waals surface area contributed by atoms with Crippen LogP contribution in [-0.4, -0.2) is 0 Å². The fourth-order valence-corrected chi connectivity index (χ4v) is 4.71. The molecular formula is C15H28.